The van der Waals surface area contributed by atoms with Crippen LogP contribution in [0.25, 0.3) is 17.4 Å². The van der Waals surface area contributed by atoms with Gasteiger partial charge in [-0.25, -0.2) is 5.01 Å². The van der Waals surface area contributed by atoms with E-state index < -0.39 is 16.7 Å². The average Bonchev–Trinajstić information content (AvgIpc) is 3.29. The van der Waals surface area contributed by atoms with Crippen molar-refractivity contribution in [2.24, 2.45) is 0 Å². The molecule has 2 aromatic carbocycles. The second-order valence-corrected chi connectivity index (χ2v) is 7.19. The van der Waals surface area contributed by atoms with E-state index in [0.29, 0.717) is 5.69 Å². The van der Waals surface area contributed by atoms with Crippen LogP contribution in [0.2, 0.25) is 0 Å². The number of non-ortho nitro benzene ring substituents is 1. The second-order valence-electron chi connectivity index (χ2n) is 6.28. The topological polar surface area (TPSA) is 126 Å². The Morgan fingerprint density at radius 2 is 1.83 bits per heavy atom. The van der Waals surface area contributed by atoms with Gasteiger partial charge in [0.2, 0.25) is 0 Å². The number of nitro groups is 1. The van der Waals surface area contributed by atoms with Gasteiger partial charge in [0.25, 0.3) is 17.5 Å². The molecule has 0 radical (unpaired) electrons. The quantitative estimate of drug-likeness (QED) is 0.259. The van der Waals surface area contributed by atoms with Gasteiger partial charge in [0.1, 0.15) is 22.8 Å². The molecule has 0 bridgehead atoms. The Labute approximate surface area is 177 Å². The number of rotatable bonds is 4. The van der Waals surface area contributed by atoms with Gasteiger partial charge in [0.15, 0.2) is 0 Å². The lowest BCUT2D eigenvalue weighted by Crippen LogP contribution is -2.35. The minimum atomic E-state index is -0.598. The second kappa shape index (κ2) is 7.48. The van der Waals surface area contributed by atoms with Gasteiger partial charge in [-0.05, 0) is 48.5 Å². The van der Waals surface area contributed by atoms with Crippen molar-refractivity contribution in [1.82, 2.24) is 5.43 Å². The highest BCUT2D eigenvalue weighted by molar-refractivity contribution is 9.10. The Morgan fingerprint density at radius 1 is 1.10 bits per heavy atom. The summed E-state index contributed by atoms with van der Waals surface area (Å²) in [6, 6.07) is 13.3. The van der Waals surface area contributed by atoms with E-state index in [-0.39, 0.29) is 34.1 Å². The molecule has 1 fully saturated rings. The summed E-state index contributed by atoms with van der Waals surface area (Å²) >= 11 is 3.31. The van der Waals surface area contributed by atoms with E-state index in [0.717, 1.165) is 9.48 Å². The van der Waals surface area contributed by atoms with E-state index in [1.165, 1.54) is 36.4 Å². The minimum absolute atomic E-state index is 0.118. The van der Waals surface area contributed by atoms with E-state index in [9.17, 15) is 24.8 Å². The molecule has 0 aliphatic carbocycles. The fourth-order valence-corrected chi connectivity index (χ4v) is 3.15. The molecule has 1 aliphatic heterocycles. The highest BCUT2D eigenvalue weighted by atomic mass is 79.9. The van der Waals surface area contributed by atoms with Crippen LogP contribution in [0.15, 0.2) is 69.1 Å². The first-order chi connectivity index (χ1) is 14.3. The molecule has 0 spiro atoms. The van der Waals surface area contributed by atoms with Crippen LogP contribution in [0.5, 0.6) is 5.75 Å². The maximum Gasteiger partial charge on any atom is 0.282 e. The van der Waals surface area contributed by atoms with E-state index in [1.54, 1.807) is 24.3 Å². The molecule has 10 heteroatoms. The lowest BCUT2D eigenvalue weighted by Gasteiger charge is -2.14. The van der Waals surface area contributed by atoms with Crippen LogP contribution < -0.4 is 10.4 Å². The zero-order chi connectivity index (χ0) is 21.4. The molecule has 2 heterocycles. The summed E-state index contributed by atoms with van der Waals surface area (Å²) in [5.41, 5.74) is 2.74. The van der Waals surface area contributed by atoms with Crippen LogP contribution in [0.1, 0.15) is 5.76 Å². The third kappa shape index (κ3) is 3.55. The van der Waals surface area contributed by atoms with Gasteiger partial charge < -0.3 is 9.52 Å². The summed E-state index contributed by atoms with van der Waals surface area (Å²) in [4.78, 5) is 35.3. The number of nitrogens with one attached hydrogen (secondary N) is 1. The number of halogens is 1. The molecule has 0 saturated carbocycles. The van der Waals surface area contributed by atoms with Crippen molar-refractivity contribution in [3.8, 4) is 17.1 Å². The van der Waals surface area contributed by atoms with Gasteiger partial charge in [0, 0.05) is 16.6 Å². The first-order valence-corrected chi connectivity index (χ1v) is 9.33. The number of furan rings is 1. The molecular weight excluding hydrogens is 458 g/mol. The largest absolute Gasteiger partial charge is 0.507 e. The number of phenolic OH excluding ortho intramolecular Hbond substituents is 1. The van der Waals surface area contributed by atoms with Crippen molar-refractivity contribution in [1.29, 1.82) is 0 Å². The number of aromatic hydroxyl groups is 1. The van der Waals surface area contributed by atoms with Crippen LogP contribution >= 0.6 is 15.9 Å². The Bertz CT molecular complexity index is 1220. The lowest BCUT2D eigenvalue weighted by molar-refractivity contribution is -0.384. The zero-order valence-electron chi connectivity index (χ0n) is 15.0. The number of carbonyl (C=O) groups excluding carboxylic acids is 2. The molecule has 0 atom stereocenters. The molecule has 3 aromatic rings. The van der Waals surface area contributed by atoms with E-state index in [1.807, 2.05) is 0 Å². The molecule has 30 heavy (non-hydrogen) atoms. The predicted octanol–water partition coefficient (Wildman–Crippen LogP) is 3.78. The molecule has 4 rings (SSSR count). The number of anilines is 1. The monoisotopic (exact) mass is 469 g/mol. The number of benzene rings is 2. The van der Waals surface area contributed by atoms with Gasteiger partial charge >= 0.3 is 0 Å². The smallest absolute Gasteiger partial charge is 0.282 e. The Morgan fingerprint density at radius 3 is 2.53 bits per heavy atom. The fourth-order valence-electron chi connectivity index (χ4n) is 2.88. The van der Waals surface area contributed by atoms with E-state index in [4.69, 9.17) is 4.42 Å². The Balaban J connectivity index is 1.64. The van der Waals surface area contributed by atoms with Gasteiger partial charge in [0.05, 0.1) is 16.2 Å². The van der Waals surface area contributed by atoms with Crippen LogP contribution in [-0.2, 0) is 9.59 Å². The summed E-state index contributed by atoms with van der Waals surface area (Å²) in [7, 11) is 0. The Hall–Kier alpha value is -3.92. The number of hydrazine groups is 1. The van der Waals surface area contributed by atoms with Crippen molar-refractivity contribution in [3.63, 3.8) is 0 Å². The molecule has 9 nitrogen and oxygen atoms in total. The lowest BCUT2D eigenvalue weighted by atomic mass is 10.1. The molecule has 2 N–H and O–H groups in total. The zero-order valence-corrected chi connectivity index (χ0v) is 16.6. The molecule has 1 saturated heterocycles. The molecule has 1 aliphatic rings. The Kier molecular flexibility index (Phi) is 4.84. The highest BCUT2D eigenvalue weighted by Gasteiger charge is 2.34. The minimum Gasteiger partial charge on any atom is -0.507 e. The summed E-state index contributed by atoms with van der Waals surface area (Å²) in [6.07, 6.45) is 1.27. The summed E-state index contributed by atoms with van der Waals surface area (Å²) in [5.74, 6) is -1.03. The van der Waals surface area contributed by atoms with Crippen LogP contribution in [0.4, 0.5) is 11.4 Å². The third-order valence-corrected chi connectivity index (χ3v) is 4.87. The molecule has 150 valence electrons. The maximum absolute atomic E-state index is 12.7. The number of amides is 2. The first-order valence-electron chi connectivity index (χ1n) is 8.54. The van der Waals surface area contributed by atoms with Crippen molar-refractivity contribution in [3.05, 3.63) is 80.5 Å². The normalized spacial score (nSPS) is 15.0. The standard InChI is InChI=1S/C20H12BrN3O6/c21-11-1-3-12(4-2-11)23-20(27)16(19(26)22-23)10-14-6-8-18(30-14)15-9-13(24(28)29)5-7-17(15)25/h1-10,25H,(H,22,26)/b16-10-. The summed E-state index contributed by atoms with van der Waals surface area (Å²) in [5, 5.41) is 22.1. The highest BCUT2D eigenvalue weighted by Crippen LogP contribution is 2.34. The maximum atomic E-state index is 12.7. The molecule has 0 unspecified atom stereocenters. The first kappa shape index (κ1) is 19.4. The van der Waals surface area contributed by atoms with Crippen LogP contribution in [0.3, 0.4) is 0 Å². The number of hydrogen-bond donors (Lipinski definition) is 2. The molecule has 1 aromatic heterocycles. The number of carbonyl (C=O) groups is 2. The fraction of sp³-hybridized carbons (Fsp3) is 0. The third-order valence-electron chi connectivity index (χ3n) is 4.35. The van der Waals surface area contributed by atoms with Crippen molar-refractivity contribution in [2.75, 3.05) is 5.01 Å². The van der Waals surface area contributed by atoms with Crippen molar-refractivity contribution >= 4 is 45.2 Å². The van der Waals surface area contributed by atoms with Gasteiger partial charge in [-0.3, -0.25) is 25.1 Å². The van der Waals surface area contributed by atoms with Crippen LogP contribution in [0, 0.1) is 10.1 Å². The van der Waals surface area contributed by atoms with Crippen LogP contribution in [-0.4, -0.2) is 21.8 Å². The average molecular weight is 470 g/mol. The predicted molar refractivity (Wildman–Crippen MR) is 110 cm³/mol. The van der Waals surface area contributed by atoms with Crippen molar-refractivity contribution < 1.29 is 24.0 Å². The number of phenols is 1. The number of hydrogen-bond acceptors (Lipinski definition) is 6. The SMILES string of the molecule is O=C1NN(c2ccc(Br)cc2)C(=O)/C1=C\c1ccc(-c2cc([N+](=O)[O-])ccc2O)o1. The summed E-state index contributed by atoms with van der Waals surface area (Å²) < 4.78 is 6.41. The van der Waals surface area contributed by atoms with Gasteiger partial charge in [-0.1, -0.05) is 15.9 Å². The summed E-state index contributed by atoms with van der Waals surface area (Å²) in [6.45, 7) is 0. The van der Waals surface area contributed by atoms with E-state index in [2.05, 4.69) is 21.4 Å². The van der Waals surface area contributed by atoms with Crippen molar-refractivity contribution in [2.45, 2.75) is 0 Å². The number of nitro benzene ring substituents is 1. The van der Waals surface area contributed by atoms with Gasteiger partial charge in [-0.2, -0.15) is 0 Å². The molecule has 2 amide bonds. The number of nitrogens with zero attached hydrogens (tertiary/aromatic N) is 2. The van der Waals surface area contributed by atoms with Gasteiger partial charge in [-0.15, -0.1) is 0 Å². The molecular formula is C20H12BrN3O6. The van der Waals surface area contributed by atoms with E-state index >= 15 is 0 Å².